The summed E-state index contributed by atoms with van der Waals surface area (Å²) in [4.78, 5) is 54.9. The molecular weight excluding hydrogens is 560 g/mol. The third-order valence-electron chi connectivity index (χ3n) is 7.10. The van der Waals surface area contributed by atoms with Crippen molar-refractivity contribution in [3.05, 3.63) is 113 Å². The SMILES string of the molecule is CONC(=O)CCCc1ccc(NC=C2C(=O)Nc3cc(C(=O)c4cccc(NC(=O)c5cc(C)nn5C)c4)ccc32)cc1. The van der Waals surface area contributed by atoms with Crippen LogP contribution in [0, 0.1) is 6.92 Å². The Morgan fingerprint density at radius 1 is 0.977 bits per heavy atom. The molecule has 4 aromatic rings. The summed E-state index contributed by atoms with van der Waals surface area (Å²) in [6.07, 6.45) is 3.46. The number of hydrogen-bond donors (Lipinski definition) is 4. The molecule has 3 aromatic carbocycles. The summed E-state index contributed by atoms with van der Waals surface area (Å²) >= 11 is 0. The number of fused-ring (bicyclic) bond motifs is 1. The lowest BCUT2D eigenvalue weighted by Gasteiger charge is -2.08. The first kappa shape index (κ1) is 29.9. The second-order valence-corrected chi connectivity index (χ2v) is 10.4. The smallest absolute Gasteiger partial charge is 0.273 e. The number of nitrogens with one attached hydrogen (secondary N) is 4. The van der Waals surface area contributed by atoms with Crippen LogP contribution < -0.4 is 21.4 Å². The van der Waals surface area contributed by atoms with Gasteiger partial charge in [0.1, 0.15) is 5.69 Å². The lowest BCUT2D eigenvalue weighted by Crippen LogP contribution is -2.21. The molecule has 11 nitrogen and oxygen atoms in total. The van der Waals surface area contributed by atoms with Crippen molar-refractivity contribution in [1.82, 2.24) is 15.3 Å². The number of benzene rings is 3. The number of amides is 3. The van der Waals surface area contributed by atoms with Gasteiger partial charge in [-0.15, -0.1) is 0 Å². The van der Waals surface area contributed by atoms with Gasteiger partial charge in [-0.1, -0.05) is 36.4 Å². The number of ketones is 1. The quantitative estimate of drug-likeness (QED) is 0.113. The van der Waals surface area contributed by atoms with Gasteiger partial charge >= 0.3 is 0 Å². The van der Waals surface area contributed by atoms with Gasteiger partial charge in [0.2, 0.25) is 5.91 Å². The summed E-state index contributed by atoms with van der Waals surface area (Å²) in [7, 11) is 3.10. The number of rotatable bonds is 11. The lowest BCUT2D eigenvalue weighted by atomic mass is 9.99. The van der Waals surface area contributed by atoms with Crippen LogP contribution in [0.3, 0.4) is 0 Å². The minimum absolute atomic E-state index is 0.157. The first-order valence-corrected chi connectivity index (χ1v) is 14.0. The topological polar surface area (TPSA) is 143 Å². The molecule has 2 heterocycles. The molecule has 0 unspecified atom stereocenters. The average Bonchev–Trinajstić information content (AvgIpc) is 3.52. The molecule has 0 spiro atoms. The third kappa shape index (κ3) is 6.90. The monoisotopic (exact) mass is 592 g/mol. The number of hydroxylamine groups is 1. The summed E-state index contributed by atoms with van der Waals surface area (Å²) in [5, 5.41) is 13.0. The molecule has 1 aromatic heterocycles. The summed E-state index contributed by atoms with van der Waals surface area (Å²) in [6, 6.07) is 21.2. The molecule has 3 amide bonds. The van der Waals surface area contributed by atoms with Crippen LogP contribution in [0.4, 0.5) is 17.1 Å². The van der Waals surface area contributed by atoms with Gasteiger partial charge in [-0.05, 0) is 61.7 Å². The molecule has 0 bridgehead atoms. The van der Waals surface area contributed by atoms with Crippen LogP contribution in [-0.2, 0) is 27.9 Å². The number of aryl methyl sites for hydroxylation is 3. The Balaban J connectivity index is 1.23. The molecule has 5 rings (SSSR count). The molecule has 0 aliphatic carbocycles. The zero-order chi connectivity index (χ0) is 31.2. The van der Waals surface area contributed by atoms with Gasteiger partial charge in [0, 0.05) is 53.4 Å². The highest BCUT2D eigenvalue weighted by Gasteiger charge is 2.25. The Morgan fingerprint density at radius 3 is 2.48 bits per heavy atom. The number of hydrogen-bond acceptors (Lipinski definition) is 7. The van der Waals surface area contributed by atoms with E-state index < -0.39 is 0 Å². The molecule has 11 heteroatoms. The van der Waals surface area contributed by atoms with Crippen molar-refractivity contribution < 1.29 is 24.0 Å². The molecule has 1 aliphatic heterocycles. The van der Waals surface area contributed by atoms with Gasteiger partial charge in [0.25, 0.3) is 11.8 Å². The van der Waals surface area contributed by atoms with Gasteiger partial charge in [0.15, 0.2) is 5.78 Å². The van der Waals surface area contributed by atoms with Crippen molar-refractivity contribution in [2.75, 3.05) is 23.1 Å². The number of carbonyl (C=O) groups is 4. The zero-order valence-corrected chi connectivity index (χ0v) is 24.6. The molecule has 0 fully saturated rings. The predicted octanol–water partition coefficient (Wildman–Crippen LogP) is 4.62. The number of anilines is 3. The van der Waals surface area contributed by atoms with Gasteiger partial charge in [-0.3, -0.25) is 28.7 Å². The number of aromatic nitrogens is 2. The Kier molecular flexibility index (Phi) is 8.96. The normalized spacial score (nSPS) is 12.9. The third-order valence-corrected chi connectivity index (χ3v) is 7.10. The van der Waals surface area contributed by atoms with E-state index in [4.69, 9.17) is 0 Å². The van der Waals surface area contributed by atoms with E-state index in [0.717, 1.165) is 23.4 Å². The summed E-state index contributed by atoms with van der Waals surface area (Å²) in [5.74, 6) is -1.01. The molecule has 0 saturated carbocycles. The van der Waals surface area contributed by atoms with Crippen molar-refractivity contribution in [2.45, 2.75) is 26.2 Å². The second-order valence-electron chi connectivity index (χ2n) is 10.4. The molecule has 1 aliphatic rings. The maximum absolute atomic E-state index is 13.3. The van der Waals surface area contributed by atoms with Crippen LogP contribution in [0.25, 0.3) is 5.57 Å². The van der Waals surface area contributed by atoms with E-state index in [9.17, 15) is 19.2 Å². The molecule has 224 valence electrons. The summed E-state index contributed by atoms with van der Waals surface area (Å²) in [5.41, 5.74) is 8.28. The largest absolute Gasteiger partial charge is 0.361 e. The Morgan fingerprint density at radius 2 is 1.75 bits per heavy atom. The lowest BCUT2D eigenvalue weighted by molar-refractivity contribution is -0.131. The average molecular weight is 593 g/mol. The minimum atomic E-state index is -0.328. The molecule has 44 heavy (non-hydrogen) atoms. The summed E-state index contributed by atoms with van der Waals surface area (Å²) in [6.45, 7) is 1.81. The van der Waals surface area contributed by atoms with Crippen molar-refractivity contribution in [2.24, 2.45) is 7.05 Å². The fourth-order valence-corrected chi connectivity index (χ4v) is 4.94. The Bertz CT molecular complexity index is 1770. The van der Waals surface area contributed by atoms with Crippen molar-refractivity contribution in [1.29, 1.82) is 0 Å². The molecule has 0 radical (unpaired) electrons. The van der Waals surface area contributed by atoms with E-state index in [-0.39, 0.29) is 23.5 Å². The van der Waals surface area contributed by atoms with Crippen LogP contribution in [0.2, 0.25) is 0 Å². The maximum atomic E-state index is 13.3. The van der Waals surface area contributed by atoms with Gasteiger partial charge in [-0.25, -0.2) is 5.48 Å². The van der Waals surface area contributed by atoms with E-state index >= 15 is 0 Å². The fraction of sp³-hybridized carbons (Fsp3) is 0.182. The van der Waals surface area contributed by atoms with Gasteiger partial charge in [-0.2, -0.15) is 5.10 Å². The van der Waals surface area contributed by atoms with E-state index in [1.165, 1.54) is 11.8 Å². The standard InChI is InChI=1S/C33H32N6O5/c1-20-16-29(39(2)37-20)33(43)35-25-8-5-7-22(17-25)31(41)23-12-15-26-27(32(42)36-28(26)18-23)19-34-24-13-10-21(11-14-24)6-4-9-30(40)38-44-3/h5,7-8,10-19,34H,4,6,9H2,1-3H3,(H,35,43)(H,36,42)(H,38,40). The van der Waals surface area contributed by atoms with Crippen LogP contribution in [0.1, 0.15) is 56.1 Å². The molecule has 0 saturated heterocycles. The van der Waals surface area contributed by atoms with E-state index in [2.05, 4.69) is 31.4 Å². The second kappa shape index (κ2) is 13.2. The van der Waals surface area contributed by atoms with Gasteiger partial charge in [0.05, 0.1) is 18.4 Å². The maximum Gasteiger partial charge on any atom is 0.273 e. The van der Waals surface area contributed by atoms with Crippen molar-refractivity contribution >= 4 is 46.1 Å². The Hall–Kier alpha value is -5.55. The molecular formula is C33H32N6O5. The first-order chi connectivity index (χ1) is 21.2. The summed E-state index contributed by atoms with van der Waals surface area (Å²) < 4.78 is 1.50. The van der Waals surface area contributed by atoms with Gasteiger partial charge < -0.3 is 16.0 Å². The van der Waals surface area contributed by atoms with Crippen molar-refractivity contribution in [3.8, 4) is 0 Å². The highest BCUT2D eigenvalue weighted by atomic mass is 16.6. The Labute approximate surface area is 254 Å². The highest BCUT2D eigenvalue weighted by Crippen LogP contribution is 2.33. The predicted molar refractivity (Wildman–Crippen MR) is 167 cm³/mol. The minimum Gasteiger partial charge on any atom is -0.361 e. The van der Waals surface area contributed by atoms with E-state index in [0.29, 0.717) is 52.2 Å². The van der Waals surface area contributed by atoms with Crippen LogP contribution >= 0.6 is 0 Å². The van der Waals surface area contributed by atoms with Crippen LogP contribution in [-0.4, -0.2) is 40.4 Å². The fourth-order valence-electron chi connectivity index (χ4n) is 4.94. The number of nitrogens with zero attached hydrogens (tertiary/aromatic N) is 2. The number of carbonyl (C=O) groups excluding carboxylic acids is 4. The highest BCUT2D eigenvalue weighted by molar-refractivity contribution is 6.32. The molecule has 0 atom stereocenters. The zero-order valence-electron chi connectivity index (χ0n) is 24.6. The van der Waals surface area contributed by atoms with Crippen molar-refractivity contribution in [3.63, 3.8) is 0 Å². The first-order valence-electron chi connectivity index (χ1n) is 14.0. The molecule has 4 N–H and O–H groups in total. The van der Waals surface area contributed by atoms with E-state index in [1.807, 2.05) is 31.2 Å². The van der Waals surface area contributed by atoms with Crippen LogP contribution in [0.15, 0.2) is 79.0 Å². The van der Waals surface area contributed by atoms with Crippen LogP contribution in [0.5, 0.6) is 0 Å². The van der Waals surface area contributed by atoms with E-state index in [1.54, 1.807) is 61.8 Å².